The second kappa shape index (κ2) is 5.07. The maximum absolute atomic E-state index is 10.6. The number of hydrogen-bond acceptors (Lipinski definition) is 6. The number of hydrogen-bond donors (Lipinski definition) is 2. The van der Waals surface area contributed by atoms with E-state index in [2.05, 4.69) is 15.5 Å². The van der Waals surface area contributed by atoms with E-state index in [-0.39, 0.29) is 5.01 Å². The zero-order valence-electron chi connectivity index (χ0n) is 9.14. The van der Waals surface area contributed by atoms with Crippen LogP contribution in [0.25, 0.3) is 0 Å². The van der Waals surface area contributed by atoms with Gasteiger partial charge in [-0.25, -0.2) is 9.78 Å². The molecule has 2 aromatic rings. The number of aromatic nitrogens is 2. The predicted molar refractivity (Wildman–Crippen MR) is 60.9 cm³/mol. The monoisotopic (exact) mass is 253 g/mol. The zero-order valence-corrected chi connectivity index (χ0v) is 9.95. The Morgan fingerprint density at radius 3 is 3.00 bits per heavy atom. The van der Waals surface area contributed by atoms with Crippen LogP contribution in [0.2, 0.25) is 0 Å². The average Bonchev–Trinajstić information content (AvgIpc) is 2.88. The topological polar surface area (TPSA) is 88.2 Å². The summed E-state index contributed by atoms with van der Waals surface area (Å²) in [5.74, 6) is -0.247. The molecule has 0 aliphatic heterocycles. The van der Waals surface area contributed by atoms with Crippen molar-refractivity contribution in [3.8, 4) is 0 Å². The lowest BCUT2D eigenvalue weighted by atomic mass is 10.4. The Morgan fingerprint density at radius 2 is 2.41 bits per heavy atom. The number of nitrogens with one attached hydrogen (secondary N) is 1. The van der Waals surface area contributed by atoms with E-state index >= 15 is 0 Å². The first-order valence-electron chi connectivity index (χ1n) is 4.96. The van der Waals surface area contributed by atoms with E-state index < -0.39 is 5.97 Å². The van der Waals surface area contributed by atoms with Gasteiger partial charge < -0.3 is 14.9 Å². The van der Waals surface area contributed by atoms with Crippen LogP contribution in [0.3, 0.4) is 0 Å². The molecular formula is C10H11N3O3S. The molecule has 0 saturated carbocycles. The quantitative estimate of drug-likeness (QED) is 0.838. The van der Waals surface area contributed by atoms with Crippen LogP contribution >= 0.6 is 11.3 Å². The second-order valence-electron chi connectivity index (χ2n) is 3.49. The maximum Gasteiger partial charge on any atom is 0.365 e. The van der Waals surface area contributed by atoms with E-state index in [4.69, 9.17) is 9.63 Å². The fourth-order valence-corrected chi connectivity index (χ4v) is 1.95. The van der Waals surface area contributed by atoms with Crippen LogP contribution in [-0.2, 0) is 13.1 Å². The highest BCUT2D eigenvalue weighted by Gasteiger charge is 2.08. The van der Waals surface area contributed by atoms with E-state index in [1.165, 1.54) is 0 Å². The molecule has 0 aromatic carbocycles. The van der Waals surface area contributed by atoms with Crippen molar-refractivity contribution < 1.29 is 14.4 Å². The van der Waals surface area contributed by atoms with Gasteiger partial charge >= 0.3 is 5.97 Å². The molecule has 0 saturated heterocycles. The van der Waals surface area contributed by atoms with Gasteiger partial charge in [-0.15, -0.1) is 11.3 Å². The number of carboxylic acids is 1. The van der Waals surface area contributed by atoms with Gasteiger partial charge in [0.05, 0.1) is 17.9 Å². The van der Waals surface area contributed by atoms with E-state index in [0.717, 1.165) is 22.8 Å². The Bertz CT molecular complexity index is 520. The molecule has 2 aromatic heterocycles. The van der Waals surface area contributed by atoms with Gasteiger partial charge in [0.25, 0.3) is 0 Å². The number of rotatable bonds is 5. The minimum Gasteiger partial charge on any atom is -0.476 e. The molecule has 0 spiro atoms. The van der Waals surface area contributed by atoms with E-state index in [1.807, 2.05) is 13.0 Å². The minimum atomic E-state index is -0.993. The van der Waals surface area contributed by atoms with Crippen molar-refractivity contribution in [2.45, 2.75) is 20.0 Å². The van der Waals surface area contributed by atoms with Crippen LogP contribution in [0.15, 0.2) is 16.0 Å². The highest BCUT2D eigenvalue weighted by molar-refractivity contribution is 7.11. The van der Waals surface area contributed by atoms with Crippen molar-refractivity contribution in [1.29, 1.82) is 0 Å². The SMILES string of the molecule is Cc1cc(CNCc2csc(C(=O)O)n2)on1. The molecule has 0 fully saturated rings. The van der Waals surface area contributed by atoms with Gasteiger partial charge in [-0.1, -0.05) is 5.16 Å². The van der Waals surface area contributed by atoms with Crippen molar-refractivity contribution in [3.05, 3.63) is 33.6 Å². The number of aryl methyl sites for hydroxylation is 1. The summed E-state index contributed by atoms with van der Waals surface area (Å²) in [6.07, 6.45) is 0. The molecule has 7 heteroatoms. The van der Waals surface area contributed by atoms with E-state index in [1.54, 1.807) is 5.38 Å². The molecule has 2 rings (SSSR count). The Labute approximate surface area is 101 Å². The predicted octanol–water partition coefficient (Wildman–Crippen LogP) is 1.43. The third kappa shape index (κ3) is 3.11. The average molecular weight is 253 g/mol. The second-order valence-corrected chi connectivity index (χ2v) is 4.35. The molecule has 0 radical (unpaired) electrons. The summed E-state index contributed by atoms with van der Waals surface area (Å²) in [6, 6.07) is 1.84. The molecule has 0 aliphatic rings. The van der Waals surface area contributed by atoms with Crippen LogP contribution in [0.4, 0.5) is 0 Å². The first-order chi connectivity index (χ1) is 8.15. The Hall–Kier alpha value is -1.73. The van der Waals surface area contributed by atoms with Crippen LogP contribution in [-0.4, -0.2) is 21.2 Å². The molecule has 0 amide bonds. The fourth-order valence-electron chi connectivity index (χ4n) is 1.30. The van der Waals surface area contributed by atoms with Crippen molar-refractivity contribution in [2.75, 3.05) is 0 Å². The first kappa shape index (κ1) is 11.7. The van der Waals surface area contributed by atoms with Crippen LogP contribution < -0.4 is 5.32 Å². The molecular weight excluding hydrogens is 242 g/mol. The van der Waals surface area contributed by atoms with Gasteiger partial charge in [0, 0.05) is 18.0 Å². The van der Waals surface area contributed by atoms with Gasteiger partial charge in [-0.05, 0) is 6.92 Å². The number of carbonyl (C=O) groups is 1. The smallest absolute Gasteiger partial charge is 0.365 e. The molecule has 0 aliphatic carbocycles. The molecule has 17 heavy (non-hydrogen) atoms. The Morgan fingerprint density at radius 1 is 1.59 bits per heavy atom. The lowest BCUT2D eigenvalue weighted by Gasteiger charge is -1.97. The number of thiazole rings is 1. The summed E-state index contributed by atoms with van der Waals surface area (Å²) >= 11 is 1.12. The fraction of sp³-hybridized carbons (Fsp3) is 0.300. The lowest BCUT2D eigenvalue weighted by Crippen LogP contribution is -2.12. The standard InChI is InChI=1S/C10H11N3O3S/c1-6-2-8(16-13-6)4-11-3-7-5-17-9(12-7)10(14)15/h2,5,11H,3-4H2,1H3,(H,14,15). The van der Waals surface area contributed by atoms with Crippen LogP contribution in [0.1, 0.15) is 27.0 Å². The highest BCUT2D eigenvalue weighted by Crippen LogP contribution is 2.09. The molecule has 90 valence electrons. The first-order valence-corrected chi connectivity index (χ1v) is 5.83. The van der Waals surface area contributed by atoms with E-state index in [9.17, 15) is 4.79 Å². The summed E-state index contributed by atoms with van der Waals surface area (Å²) in [7, 11) is 0. The summed E-state index contributed by atoms with van der Waals surface area (Å²) < 4.78 is 5.02. The van der Waals surface area contributed by atoms with Gasteiger partial charge in [-0.3, -0.25) is 0 Å². The molecule has 0 unspecified atom stereocenters. The Kier molecular flexibility index (Phi) is 3.50. The summed E-state index contributed by atoms with van der Waals surface area (Å²) in [5.41, 5.74) is 1.55. The molecule has 6 nitrogen and oxygen atoms in total. The number of aromatic carboxylic acids is 1. The normalized spacial score (nSPS) is 10.6. The third-order valence-electron chi connectivity index (χ3n) is 2.02. The summed E-state index contributed by atoms with van der Waals surface area (Å²) in [5, 5.41) is 17.4. The van der Waals surface area contributed by atoms with Crippen molar-refractivity contribution in [2.24, 2.45) is 0 Å². The molecule has 0 bridgehead atoms. The van der Waals surface area contributed by atoms with Gasteiger partial charge in [0.15, 0.2) is 5.76 Å². The van der Waals surface area contributed by atoms with Gasteiger partial charge in [-0.2, -0.15) is 0 Å². The molecule has 2 N–H and O–H groups in total. The highest BCUT2D eigenvalue weighted by atomic mass is 32.1. The van der Waals surface area contributed by atoms with Crippen molar-refractivity contribution in [1.82, 2.24) is 15.5 Å². The zero-order chi connectivity index (χ0) is 12.3. The van der Waals surface area contributed by atoms with Crippen molar-refractivity contribution >= 4 is 17.3 Å². The molecule has 0 atom stereocenters. The van der Waals surface area contributed by atoms with Gasteiger partial charge in [0.2, 0.25) is 5.01 Å². The number of nitrogens with zero attached hydrogens (tertiary/aromatic N) is 2. The summed E-state index contributed by atoms with van der Waals surface area (Å²) in [6.45, 7) is 2.90. The van der Waals surface area contributed by atoms with Crippen LogP contribution in [0, 0.1) is 6.92 Å². The van der Waals surface area contributed by atoms with Gasteiger partial charge in [0.1, 0.15) is 0 Å². The van der Waals surface area contributed by atoms with Crippen LogP contribution in [0.5, 0.6) is 0 Å². The molecule has 2 heterocycles. The third-order valence-corrected chi connectivity index (χ3v) is 2.90. The minimum absolute atomic E-state index is 0.109. The largest absolute Gasteiger partial charge is 0.476 e. The van der Waals surface area contributed by atoms with E-state index in [0.29, 0.717) is 18.8 Å². The summed E-state index contributed by atoms with van der Waals surface area (Å²) in [4.78, 5) is 14.6. The maximum atomic E-state index is 10.6. The Balaban J connectivity index is 1.83. The van der Waals surface area contributed by atoms with Crippen molar-refractivity contribution in [3.63, 3.8) is 0 Å². The number of carboxylic acid groups (broad SMARTS) is 1. The lowest BCUT2D eigenvalue weighted by molar-refractivity contribution is 0.0696.